The van der Waals surface area contributed by atoms with E-state index in [1.165, 1.54) is 38.1 Å². The van der Waals surface area contributed by atoms with Crippen molar-refractivity contribution >= 4 is 27.8 Å². The van der Waals surface area contributed by atoms with Gasteiger partial charge in [-0.05, 0) is 52.0 Å². The fourth-order valence-corrected chi connectivity index (χ4v) is 5.31. The highest BCUT2D eigenvalue weighted by atomic mass is 32.2. The third kappa shape index (κ3) is 6.32. The minimum absolute atomic E-state index is 0.0299. The van der Waals surface area contributed by atoms with Crippen molar-refractivity contribution < 1.29 is 32.2 Å². The SMILES string of the molecule is COC(=O)[C@H](NS(=O)(=O)c1ccc(OC)cc1)C(C)(C)SC[C@H]1COC(C)(C)O1. The number of methoxy groups -OCH3 is 2. The number of hydrogen-bond acceptors (Lipinski definition) is 8. The predicted molar refractivity (Wildman–Crippen MR) is 111 cm³/mol. The third-order valence-corrected chi connectivity index (χ3v) is 7.44. The Morgan fingerprint density at radius 2 is 1.93 bits per heavy atom. The maximum atomic E-state index is 12.8. The fraction of sp³-hybridized carbons (Fsp3) is 0.632. The van der Waals surface area contributed by atoms with Crippen molar-refractivity contribution in [2.75, 3.05) is 26.6 Å². The van der Waals surface area contributed by atoms with Gasteiger partial charge in [0, 0.05) is 10.5 Å². The highest BCUT2D eigenvalue weighted by Gasteiger charge is 2.41. The van der Waals surface area contributed by atoms with Gasteiger partial charge in [-0.1, -0.05) is 0 Å². The number of benzene rings is 1. The molecule has 1 aliphatic rings. The second-order valence-electron chi connectivity index (χ2n) is 7.62. The smallest absolute Gasteiger partial charge is 0.325 e. The van der Waals surface area contributed by atoms with E-state index in [-0.39, 0.29) is 11.0 Å². The van der Waals surface area contributed by atoms with E-state index >= 15 is 0 Å². The Kier molecular flexibility index (Phi) is 7.61. The van der Waals surface area contributed by atoms with E-state index in [1.54, 1.807) is 26.0 Å². The molecule has 1 fully saturated rings. The number of ether oxygens (including phenoxy) is 4. The summed E-state index contributed by atoms with van der Waals surface area (Å²) in [5.41, 5.74) is 0. The van der Waals surface area contributed by atoms with Gasteiger partial charge >= 0.3 is 5.97 Å². The van der Waals surface area contributed by atoms with Crippen LogP contribution in [0, 0.1) is 0 Å². The van der Waals surface area contributed by atoms with Crippen molar-refractivity contribution in [1.82, 2.24) is 4.72 Å². The lowest BCUT2D eigenvalue weighted by Gasteiger charge is -2.33. The number of sulfonamides is 1. The van der Waals surface area contributed by atoms with Gasteiger partial charge in [-0.25, -0.2) is 8.42 Å². The molecule has 2 rings (SSSR count). The highest BCUT2D eigenvalue weighted by molar-refractivity contribution is 8.00. The average molecular weight is 448 g/mol. The molecular formula is C19H29NO7S2. The summed E-state index contributed by atoms with van der Waals surface area (Å²) in [4.78, 5) is 12.5. The Bertz CT molecular complexity index is 806. The fourth-order valence-electron chi connectivity index (χ4n) is 2.81. The number of carbonyl (C=O) groups excluding carboxylic acids is 1. The molecule has 1 aliphatic heterocycles. The molecule has 2 atom stereocenters. The molecule has 10 heteroatoms. The predicted octanol–water partition coefficient (Wildman–Crippen LogP) is 2.18. The Labute approximate surface area is 176 Å². The van der Waals surface area contributed by atoms with E-state index < -0.39 is 32.6 Å². The number of esters is 1. The number of carbonyl (C=O) groups is 1. The van der Waals surface area contributed by atoms with Crippen LogP contribution in [0.4, 0.5) is 0 Å². The van der Waals surface area contributed by atoms with Crippen molar-refractivity contribution in [3.63, 3.8) is 0 Å². The van der Waals surface area contributed by atoms with E-state index in [9.17, 15) is 13.2 Å². The van der Waals surface area contributed by atoms with E-state index in [1.807, 2.05) is 13.8 Å². The normalized spacial score (nSPS) is 20.3. The van der Waals surface area contributed by atoms with Crippen LogP contribution in [0.25, 0.3) is 0 Å². The van der Waals surface area contributed by atoms with Crippen LogP contribution in [0.1, 0.15) is 27.7 Å². The van der Waals surface area contributed by atoms with Gasteiger partial charge in [0.1, 0.15) is 11.8 Å². The molecule has 0 amide bonds. The van der Waals surface area contributed by atoms with Gasteiger partial charge in [-0.3, -0.25) is 4.79 Å². The molecule has 164 valence electrons. The monoisotopic (exact) mass is 447 g/mol. The third-order valence-electron chi connectivity index (χ3n) is 4.48. The summed E-state index contributed by atoms with van der Waals surface area (Å²) < 4.78 is 48.6. The molecule has 1 N–H and O–H groups in total. The molecule has 0 unspecified atom stereocenters. The summed E-state index contributed by atoms with van der Waals surface area (Å²) in [5, 5.41) is 0. The first-order valence-corrected chi connectivity index (χ1v) is 11.6. The Balaban J connectivity index is 2.15. The summed E-state index contributed by atoms with van der Waals surface area (Å²) in [6.07, 6.45) is -0.147. The van der Waals surface area contributed by atoms with Crippen LogP contribution in [0.2, 0.25) is 0 Å². The van der Waals surface area contributed by atoms with Crippen LogP contribution in [0.3, 0.4) is 0 Å². The van der Waals surface area contributed by atoms with Gasteiger partial charge in [0.25, 0.3) is 0 Å². The van der Waals surface area contributed by atoms with Crippen LogP contribution >= 0.6 is 11.8 Å². The highest BCUT2D eigenvalue weighted by Crippen LogP contribution is 2.33. The zero-order valence-corrected chi connectivity index (χ0v) is 19.2. The second kappa shape index (κ2) is 9.22. The summed E-state index contributed by atoms with van der Waals surface area (Å²) >= 11 is 1.42. The molecule has 0 saturated carbocycles. The van der Waals surface area contributed by atoms with Crippen LogP contribution in [-0.2, 0) is 29.0 Å². The lowest BCUT2D eigenvalue weighted by atomic mass is 10.0. The molecule has 0 radical (unpaired) electrons. The van der Waals surface area contributed by atoms with Gasteiger partial charge in [0.2, 0.25) is 10.0 Å². The van der Waals surface area contributed by atoms with Crippen LogP contribution in [-0.4, -0.2) is 63.6 Å². The van der Waals surface area contributed by atoms with Gasteiger partial charge < -0.3 is 18.9 Å². The minimum atomic E-state index is -3.95. The van der Waals surface area contributed by atoms with Crippen molar-refractivity contribution in [1.29, 1.82) is 0 Å². The van der Waals surface area contributed by atoms with Gasteiger partial charge in [-0.2, -0.15) is 16.5 Å². The summed E-state index contributed by atoms with van der Waals surface area (Å²) in [5.74, 6) is -0.240. The standard InChI is InChI=1S/C19H29NO7S2/c1-18(2,28-12-14-11-26-19(3,4)27-14)16(17(21)25-6)20-29(22,23)15-9-7-13(24-5)8-10-15/h7-10,14,16,20H,11-12H2,1-6H3/t14-,16+/m1/s1. The largest absolute Gasteiger partial charge is 0.497 e. The average Bonchev–Trinajstić information content (AvgIpc) is 3.03. The maximum absolute atomic E-state index is 12.8. The van der Waals surface area contributed by atoms with Crippen molar-refractivity contribution in [2.45, 2.75) is 55.3 Å². The van der Waals surface area contributed by atoms with E-state index in [2.05, 4.69) is 4.72 Å². The second-order valence-corrected chi connectivity index (χ2v) is 11.0. The summed E-state index contributed by atoms with van der Waals surface area (Å²) in [6, 6.07) is 4.82. The number of rotatable bonds is 9. The van der Waals surface area contributed by atoms with Crippen molar-refractivity contribution in [3.8, 4) is 5.75 Å². The molecule has 1 saturated heterocycles. The number of thioether (sulfide) groups is 1. The Morgan fingerprint density at radius 1 is 1.31 bits per heavy atom. The molecule has 29 heavy (non-hydrogen) atoms. The molecule has 1 aromatic carbocycles. The van der Waals surface area contributed by atoms with Crippen LogP contribution in [0.15, 0.2) is 29.2 Å². The van der Waals surface area contributed by atoms with E-state index in [0.29, 0.717) is 18.1 Å². The molecule has 1 heterocycles. The molecule has 0 aromatic heterocycles. The zero-order chi connectivity index (χ0) is 21.9. The summed E-state index contributed by atoms with van der Waals surface area (Å²) in [7, 11) is -1.23. The van der Waals surface area contributed by atoms with Crippen LogP contribution in [0.5, 0.6) is 5.75 Å². The lowest BCUT2D eigenvalue weighted by Crippen LogP contribution is -2.53. The number of hydrogen-bond donors (Lipinski definition) is 1. The van der Waals surface area contributed by atoms with Gasteiger partial charge in [0.15, 0.2) is 5.79 Å². The first-order valence-electron chi connectivity index (χ1n) is 9.10. The Morgan fingerprint density at radius 3 is 2.41 bits per heavy atom. The first kappa shape index (κ1) is 23.9. The molecule has 0 spiro atoms. The number of nitrogens with one attached hydrogen (secondary N) is 1. The topological polar surface area (TPSA) is 100 Å². The zero-order valence-electron chi connectivity index (χ0n) is 17.6. The Hall–Kier alpha value is -1.33. The van der Waals surface area contributed by atoms with Crippen LogP contribution < -0.4 is 9.46 Å². The first-order chi connectivity index (χ1) is 13.4. The molecular weight excluding hydrogens is 418 g/mol. The van der Waals surface area contributed by atoms with Crippen molar-refractivity contribution in [3.05, 3.63) is 24.3 Å². The van der Waals surface area contributed by atoms with E-state index in [0.717, 1.165) is 0 Å². The van der Waals surface area contributed by atoms with E-state index in [4.69, 9.17) is 18.9 Å². The molecule has 8 nitrogen and oxygen atoms in total. The lowest BCUT2D eigenvalue weighted by molar-refractivity contribution is -0.143. The summed E-state index contributed by atoms with van der Waals surface area (Å²) in [6.45, 7) is 7.69. The molecule has 0 bridgehead atoms. The van der Waals surface area contributed by atoms with Crippen molar-refractivity contribution in [2.24, 2.45) is 0 Å². The quantitative estimate of drug-likeness (QED) is 0.575. The van der Waals surface area contributed by atoms with Gasteiger partial charge in [0.05, 0.1) is 31.8 Å². The maximum Gasteiger partial charge on any atom is 0.325 e. The molecule has 1 aromatic rings. The van der Waals surface area contributed by atoms with Gasteiger partial charge in [-0.15, -0.1) is 0 Å². The minimum Gasteiger partial charge on any atom is -0.497 e. The molecule has 0 aliphatic carbocycles.